The van der Waals surface area contributed by atoms with Gasteiger partial charge in [0.05, 0.1) is 13.0 Å². The largest absolute Gasteiger partial charge is 0.493 e. The maximum absolute atomic E-state index is 11.2. The predicted molar refractivity (Wildman–Crippen MR) is 62.7 cm³/mol. The Bertz CT molecular complexity index is 457. The summed E-state index contributed by atoms with van der Waals surface area (Å²) in [5.74, 6) is 0.259. The predicted octanol–water partition coefficient (Wildman–Crippen LogP) is 0.825. The van der Waals surface area contributed by atoms with Crippen LogP contribution in [0.15, 0.2) is 18.2 Å². The summed E-state index contributed by atoms with van der Waals surface area (Å²) in [6.07, 6.45) is 1.46. The van der Waals surface area contributed by atoms with Gasteiger partial charge in [0.1, 0.15) is 5.75 Å². The fourth-order valence-electron chi connectivity index (χ4n) is 1.71. The van der Waals surface area contributed by atoms with Crippen molar-refractivity contribution in [3.63, 3.8) is 0 Å². The minimum absolute atomic E-state index is 0.0202. The summed E-state index contributed by atoms with van der Waals surface area (Å²) in [6.45, 7) is 0.252. The topological polar surface area (TPSA) is 81.4 Å². The Kier molecular flexibility index (Phi) is 3.27. The number of carbonyl (C=O) groups is 2. The molecule has 0 saturated carbocycles. The molecule has 5 nitrogen and oxygen atoms in total. The lowest BCUT2D eigenvalue weighted by Gasteiger charge is -2.17. The summed E-state index contributed by atoms with van der Waals surface area (Å²) in [5.41, 5.74) is 6.90. The molecule has 0 radical (unpaired) electrons. The molecule has 17 heavy (non-hydrogen) atoms. The molecule has 0 spiro atoms. The van der Waals surface area contributed by atoms with E-state index in [1.807, 2.05) is 12.1 Å². The highest BCUT2D eigenvalue weighted by Gasteiger charge is 2.14. The van der Waals surface area contributed by atoms with E-state index in [1.54, 1.807) is 6.07 Å². The van der Waals surface area contributed by atoms with Crippen LogP contribution in [0.1, 0.15) is 18.4 Å². The maximum atomic E-state index is 11.2. The average Bonchev–Trinajstić information content (AvgIpc) is 2.28. The van der Waals surface area contributed by atoms with Crippen molar-refractivity contribution in [2.45, 2.75) is 19.3 Å². The first-order valence-electron chi connectivity index (χ1n) is 5.49. The van der Waals surface area contributed by atoms with Gasteiger partial charge in [-0.15, -0.1) is 0 Å². The van der Waals surface area contributed by atoms with Gasteiger partial charge in [0.15, 0.2) is 0 Å². The van der Waals surface area contributed by atoms with Crippen LogP contribution in [0.4, 0.5) is 5.69 Å². The SMILES string of the molecule is NC(=O)CCOc1ccc2c(c1)NC(=O)CC2. The molecule has 0 bridgehead atoms. The van der Waals surface area contributed by atoms with Crippen LogP contribution >= 0.6 is 0 Å². The van der Waals surface area contributed by atoms with Gasteiger partial charge in [-0.2, -0.15) is 0 Å². The van der Waals surface area contributed by atoms with Gasteiger partial charge >= 0.3 is 0 Å². The Hall–Kier alpha value is -2.04. The fourth-order valence-corrected chi connectivity index (χ4v) is 1.71. The van der Waals surface area contributed by atoms with Gasteiger partial charge in [-0.1, -0.05) is 6.07 Å². The number of hydrogen-bond donors (Lipinski definition) is 2. The Labute approximate surface area is 98.9 Å². The molecule has 90 valence electrons. The standard InChI is InChI=1S/C12H14N2O3/c13-11(15)5-6-17-9-3-1-8-2-4-12(16)14-10(8)7-9/h1,3,7H,2,4-6H2,(H2,13,15)(H,14,16). The molecule has 0 aliphatic carbocycles. The molecule has 1 aromatic rings. The van der Waals surface area contributed by atoms with Crippen molar-refractivity contribution in [3.8, 4) is 5.75 Å². The van der Waals surface area contributed by atoms with Crippen LogP contribution in [-0.2, 0) is 16.0 Å². The highest BCUT2D eigenvalue weighted by molar-refractivity contribution is 5.94. The molecule has 5 heteroatoms. The van der Waals surface area contributed by atoms with Crippen LogP contribution in [0.2, 0.25) is 0 Å². The third kappa shape index (κ3) is 2.96. The summed E-state index contributed by atoms with van der Waals surface area (Å²) in [5, 5.41) is 2.79. The second kappa shape index (κ2) is 4.86. The van der Waals surface area contributed by atoms with E-state index in [2.05, 4.69) is 5.32 Å². The third-order valence-electron chi connectivity index (χ3n) is 2.59. The van der Waals surface area contributed by atoms with E-state index in [9.17, 15) is 9.59 Å². The highest BCUT2D eigenvalue weighted by Crippen LogP contribution is 2.27. The van der Waals surface area contributed by atoms with Gasteiger partial charge in [-0.25, -0.2) is 0 Å². The molecule has 1 aromatic carbocycles. The van der Waals surface area contributed by atoms with Crippen molar-refractivity contribution in [3.05, 3.63) is 23.8 Å². The van der Waals surface area contributed by atoms with Crippen molar-refractivity contribution in [1.82, 2.24) is 0 Å². The number of hydrogen-bond acceptors (Lipinski definition) is 3. The molecule has 0 unspecified atom stereocenters. The number of rotatable bonds is 4. The van der Waals surface area contributed by atoms with Crippen molar-refractivity contribution in [2.75, 3.05) is 11.9 Å². The molecule has 1 aliphatic rings. The summed E-state index contributed by atoms with van der Waals surface area (Å²) < 4.78 is 5.37. The summed E-state index contributed by atoms with van der Waals surface area (Å²) in [4.78, 5) is 21.8. The maximum Gasteiger partial charge on any atom is 0.224 e. The van der Waals surface area contributed by atoms with E-state index < -0.39 is 5.91 Å². The lowest BCUT2D eigenvalue weighted by molar-refractivity contribution is -0.118. The van der Waals surface area contributed by atoms with Crippen molar-refractivity contribution < 1.29 is 14.3 Å². The second-order valence-corrected chi connectivity index (χ2v) is 3.93. The van der Waals surface area contributed by atoms with Crippen LogP contribution in [-0.4, -0.2) is 18.4 Å². The average molecular weight is 234 g/mol. The Balaban J connectivity index is 2.02. The number of amides is 2. The van der Waals surface area contributed by atoms with Gasteiger partial charge in [0.25, 0.3) is 0 Å². The summed E-state index contributed by atoms with van der Waals surface area (Å²) in [7, 11) is 0. The number of primary amides is 1. The van der Waals surface area contributed by atoms with Crippen LogP contribution in [0, 0.1) is 0 Å². The van der Waals surface area contributed by atoms with Crippen LogP contribution in [0.3, 0.4) is 0 Å². The molecule has 3 N–H and O–H groups in total. The number of fused-ring (bicyclic) bond motifs is 1. The van der Waals surface area contributed by atoms with Gasteiger partial charge < -0.3 is 15.8 Å². The molecule has 1 aliphatic heterocycles. The summed E-state index contributed by atoms with van der Waals surface area (Å²) >= 11 is 0. The van der Waals surface area contributed by atoms with Gasteiger partial charge in [0, 0.05) is 18.2 Å². The first kappa shape index (κ1) is 11.4. The van der Waals surface area contributed by atoms with Gasteiger partial charge in [-0.05, 0) is 18.1 Å². The second-order valence-electron chi connectivity index (χ2n) is 3.93. The zero-order valence-electron chi connectivity index (χ0n) is 9.36. The van der Waals surface area contributed by atoms with Crippen molar-refractivity contribution in [2.24, 2.45) is 5.73 Å². The minimum atomic E-state index is -0.392. The molecular weight excluding hydrogens is 220 g/mol. The van der Waals surface area contributed by atoms with Gasteiger partial charge in [0.2, 0.25) is 11.8 Å². The molecule has 0 fully saturated rings. The number of ether oxygens (including phenoxy) is 1. The van der Waals surface area contributed by atoms with E-state index in [4.69, 9.17) is 10.5 Å². The first-order chi connectivity index (χ1) is 8.15. The number of benzene rings is 1. The minimum Gasteiger partial charge on any atom is -0.493 e. The van der Waals surface area contributed by atoms with E-state index in [0.717, 1.165) is 17.7 Å². The molecule has 2 amide bonds. The lowest BCUT2D eigenvalue weighted by Crippen LogP contribution is -2.19. The zero-order valence-corrected chi connectivity index (χ0v) is 9.36. The number of nitrogens with one attached hydrogen (secondary N) is 1. The molecule has 2 rings (SSSR count). The Morgan fingerprint density at radius 3 is 3.00 bits per heavy atom. The molecule has 0 aromatic heterocycles. The van der Waals surface area contributed by atoms with E-state index in [0.29, 0.717) is 12.2 Å². The van der Waals surface area contributed by atoms with Crippen LogP contribution < -0.4 is 15.8 Å². The van der Waals surface area contributed by atoms with Crippen LogP contribution in [0.5, 0.6) is 5.75 Å². The highest BCUT2D eigenvalue weighted by atomic mass is 16.5. The van der Waals surface area contributed by atoms with Crippen molar-refractivity contribution in [1.29, 1.82) is 0 Å². The molecular formula is C12H14N2O3. The molecule has 1 heterocycles. The van der Waals surface area contributed by atoms with Crippen molar-refractivity contribution >= 4 is 17.5 Å². The normalized spacial score (nSPS) is 13.8. The zero-order chi connectivity index (χ0) is 12.3. The van der Waals surface area contributed by atoms with E-state index >= 15 is 0 Å². The lowest BCUT2D eigenvalue weighted by atomic mass is 10.0. The summed E-state index contributed by atoms with van der Waals surface area (Å²) in [6, 6.07) is 5.53. The monoisotopic (exact) mass is 234 g/mol. The smallest absolute Gasteiger partial charge is 0.224 e. The number of aryl methyl sites for hydroxylation is 1. The number of anilines is 1. The Morgan fingerprint density at radius 2 is 2.24 bits per heavy atom. The van der Waals surface area contributed by atoms with Crippen LogP contribution in [0.25, 0.3) is 0 Å². The van der Waals surface area contributed by atoms with E-state index in [-0.39, 0.29) is 18.9 Å². The number of carbonyl (C=O) groups excluding carboxylic acids is 2. The fraction of sp³-hybridized carbons (Fsp3) is 0.333. The molecule has 0 atom stereocenters. The molecule has 0 saturated heterocycles. The van der Waals surface area contributed by atoms with Gasteiger partial charge in [-0.3, -0.25) is 9.59 Å². The Morgan fingerprint density at radius 1 is 1.41 bits per heavy atom. The first-order valence-corrected chi connectivity index (χ1v) is 5.49. The quantitative estimate of drug-likeness (QED) is 0.809. The third-order valence-corrected chi connectivity index (χ3v) is 2.59. The van der Waals surface area contributed by atoms with E-state index in [1.165, 1.54) is 0 Å². The number of nitrogens with two attached hydrogens (primary N) is 1.